The van der Waals surface area contributed by atoms with Crippen LogP contribution < -0.4 is 22.1 Å². The predicted octanol–water partition coefficient (Wildman–Crippen LogP) is 4.01. The van der Waals surface area contributed by atoms with Crippen LogP contribution in [0.15, 0.2) is 47.5 Å². The maximum absolute atomic E-state index is 13.0. The molecule has 2 aromatic carbocycles. The molecule has 2 atom stereocenters. The number of para-hydroxylation sites is 2. The average Bonchev–Trinajstić information content (AvgIpc) is 3.26. The van der Waals surface area contributed by atoms with Crippen LogP contribution in [0.4, 0.5) is 5.82 Å². The summed E-state index contributed by atoms with van der Waals surface area (Å²) in [6.45, 7) is 2.25. The molecule has 38 heavy (non-hydrogen) atoms. The van der Waals surface area contributed by atoms with Crippen LogP contribution in [0.2, 0.25) is 0 Å². The number of fused-ring (bicyclic) bond motifs is 2. The number of nitrogens with two attached hydrogens (primary N) is 2. The van der Waals surface area contributed by atoms with E-state index < -0.39 is 0 Å². The average molecular weight is 581 g/mol. The fraction of sp³-hybridized carbons (Fsp3) is 0.320. The number of H-pyrrole nitrogens is 1. The van der Waals surface area contributed by atoms with Gasteiger partial charge in [-0.1, -0.05) is 36.6 Å². The summed E-state index contributed by atoms with van der Waals surface area (Å²) < 4.78 is 0. The third kappa shape index (κ3) is 6.94. The van der Waals surface area contributed by atoms with Crippen molar-refractivity contribution in [3.63, 3.8) is 0 Å². The second-order valence-corrected chi connectivity index (χ2v) is 8.96. The maximum Gasteiger partial charge on any atom is 0.289 e. The molecule has 4 aromatic rings. The van der Waals surface area contributed by atoms with E-state index in [2.05, 4.69) is 35.6 Å². The number of aliphatic imine (C=N–C) groups is 1. The van der Waals surface area contributed by atoms with E-state index in [4.69, 9.17) is 11.5 Å². The topological polar surface area (TPSA) is 160 Å². The van der Waals surface area contributed by atoms with Crippen molar-refractivity contribution < 1.29 is 4.79 Å². The number of hydrogen-bond acceptors (Lipinski definition) is 6. The number of nitrogens with one attached hydrogen (secondary N) is 3. The molecule has 10 nitrogen and oxygen atoms in total. The lowest BCUT2D eigenvalue weighted by molar-refractivity contribution is 0.0940. The summed E-state index contributed by atoms with van der Waals surface area (Å²) in [7, 11) is 0. The quantitative estimate of drug-likeness (QED) is 0.170. The highest BCUT2D eigenvalue weighted by atomic mass is 35.5. The third-order valence-corrected chi connectivity index (χ3v) is 6.28. The highest BCUT2D eigenvalue weighted by molar-refractivity contribution is 5.96. The Labute approximate surface area is 239 Å². The van der Waals surface area contributed by atoms with E-state index in [1.807, 2.05) is 49.4 Å². The SMILES string of the molecule is Cc1ccc2nc(C(=O)NCc3nc4ccccc4[nH]3)nc(N[C@H]3CCCC[C@H]3N=C(N)N)c2c1.Cl.Cl.Cl. The number of benzene rings is 2. The number of hydrogen-bond donors (Lipinski definition) is 5. The summed E-state index contributed by atoms with van der Waals surface area (Å²) >= 11 is 0. The molecule has 0 unspecified atom stereocenters. The summed E-state index contributed by atoms with van der Waals surface area (Å²) in [6, 6.07) is 13.6. The lowest BCUT2D eigenvalue weighted by Crippen LogP contribution is -2.38. The van der Waals surface area contributed by atoms with Gasteiger partial charge in [0.2, 0.25) is 5.82 Å². The van der Waals surface area contributed by atoms with Crippen LogP contribution in [0.3, 0.4) is 0 Å². The lowest BCUT2D eigenvalue weighted by atomic mass is 9.90. The predicted molar refractivity (Wildman–Crippen MR) is 159 cm³/mol. The van der Waals surface area contributed by atoms with Gasteiger partial charge < -0.3 is 27.1 Å². The molecule has 204 valence electrons. The Kier molecular flexibility index (Phi) is 10.9. The Bertz CT molecular complexity index is 1390. The molecule has 1 fully saturated rings. The largest absolute Gasteiger partial charge is 0.370 e. The molecule has 0 spiro atoms. The summed E-state index contributed by atoms with van der Waals surface area (Å²) in [5.41, 5.74) is 14.9. The number of nitrogens with zero attached hydrogens (tertiary/aromatic N) is 4. The molecule has 0 aliphatic heterocycles. The molecule has 1 aliphatic rings. The normalized spacial score (nSPS) is 16.4. The van der Waals surface area contributed by atoms with Gasteiger partial charge in [-0.15, -0.1) is 37.2 Å². The van der Waals surface area contributed by atoms with Gasteiger partial charge in [0.25, 0.3) is 5.91 Å². The molecule has 1 aliphatic carbocycles. The second kappa shape index (κ2) is 13.5. The van der Waals surface area contributed by atoms with E-state index in [0.717, 1.165) is 47.7 Å². The number of aromatic nitrogens is 4. The molecular formula is C25H32Cl3N9O. The minimum absolute atomic E-state index is 0. The van der Waals surface area contributed by atoms with E-state index in [-0.39, 0.29) is 73.5 Å². The van der Waals surface area contributed by atoms with Crippen LogP contribution in [0.25, 0.3) is 21.9 Å². The molecule has 1 amide bonds. The van der Waals surface area contributed by atoms with Crippen LogP contribution in [0.5, 0.6) is 0 Å². The van der Waals surface area contributed by atoms with Crippen molar-refractivity contribution in [2.45, 2.75) is 51.2 Å². The minimum atomic E-state index is -0.375. The van der Waals surface area contributed by atoms with Gasteiger partial charge >= 0.3 is 0 Å². The molecule has 0 saturated heterocycles. The Balaban J connectivity index is 0.00000169. The summed E-state index contributed by atoms with van der Waals surface area (Å²) in [6.07, 6.45) is 3.94. The number of carbonyl (C=O) groups excluding carboxylic acids is 1. The van der Waals surface area contributed by atoms with E-state index in [1.54, 1.807) is 0 Å². The summed E-state index contributed by atoms with van der Waals surface area (Å²) in [5.74, 6) is 1.07. The number of aromatic amines is 1. The first kappa shape index (κ1) is 30.9. The van der Waals surface area contributed by atoms with Gasteiger partial charge in [-0.05, 0) is 44.0 Å². The summed E-state index contributed by atoms with van der Waals surface area (Å²) in [4.78, 5) is 34.3. The Morgan fingerprint density at radius 2 is 1.79 bits per heavy atom. The fourth-order valence-corrected chi connectivity index (χ4v) is 4.59. The zero-order valence-corrected chi connectivity index (χ0v) is 23.3. The van der Waals surface area contributed by atoms with Crippen LogP contribution in [-0.2, 0) is 6.54 Å². The van der Waals surface area contributed by atoms with Gasteiger partial charge in [-0.25, -0.2) is 19.9 Å². The van der Waals surface area contributed by atoms with E-state index in [1.165, 1.54) is 0 Å². The molecule has 13 heteroatoms. The molecule has 0 bridgehead atoms. The van der Waals surface area contributed by atoms with Crippen molar-refractivity contribution >= 4 is 76.8 Å². The zero-order valence-electron chi connectivity index (χ0n) is 20.8. The molecule has 5 rings (SSSR count). The zero-order chi connectivity index (χ0) is 24.4. The fourth-order valence-electron chi connectivity index (χ4n) is 4.59. The third-order valence-electron chi connectivity index (χ3n) is 6.28. The number of carbonyl (C=O) groups is 1. The van der Waals surface area contributed by atoms with E-state index >= 15 is 0 Å². The van der Waals surface area contributed by atoms with Gasteiger partial charge in [-0.3, -0.25) is 4.79 Å². The van der Waals surface area contributed by atoms with Crippen molar-refractivity contribution in [3.05, 3.63) is 59.7 Å². The number of rotatable bonds is 6. The second-order valence-electron chi connectivity index (χ2n) is 8.96. The number of guanidine groups is 1. The molecule has 2 aromatic heterocycles. The van der Waals surface area contributed by atoms with Gasteiger partial charge in [0.1, 0.15) is 11.6 Å². The van der Waals surface area contributed by atoms with Crippen molar-refractivity contribution in [1.29, 1.82) is 0 Å². The molecule has 7 N–H and O–H groups in total. The van der Waals surface area contributed by atoms with Crippen LogP contribution in [-0.4, -0.2) is 43.9 Å². The highest BCUT2D eigenvalue weighted by Gasteiger charge is 2.26. The van der Waals surface area contributed by atoms with E-state index in [0.29, 0.717) is 17.2 Å². The smallest absolute Gasteiger partial charge is 0.289 e. The van der Waals surface area contributed by atoms with Crippen molar-refractivity contribution in [2.24, 2.45) is 16.5 Å². The first-order valence-corrected chi connectivity index (χ1v) is 11.8. The highest BCUT2D eigenvalue weighted by Crippen LogP contribution is 2.28. The number of aryl methyl sites for hydroxylation is 1. The maximum atomic E-state index is 13.0. The summed E-state index contributed by atoms with van der Waals surface area (Å²) in [5, 5.41) is 7.26. The number of anilines is 1. The molecule has 0 radical (unpaired) electrons. The number of amides is 1. The Morgan fingerprint density at radius 1 is 1.03 bits per heavy atom. The molecular weight excluding hydrogens is 549 g/mol. The van der Waals surface area contributed by atoms with Gasteiger partial charge in [-0.2, -0.15) is 0 Å². The minimum Gasteiger partial charge on any atom is -0.370 e. The van der Waals surface area contributed by atoms with Crippen LogP contribution in [0.1, 0.15) is 47.7 Å². The van der Waals surface area contributed by atoms with Gasteiger partial charge in [0.15, 0.2) is 5.96 Å². The van der Waals surface area contributed by atoms with Crippen LogP contribution in [0, 0.1) is 6.92 Å². The number of halogens is 3. The van der Waals surface area contributed by atoms with Gasteiger partial charge in [0, 0.05) is 5.39 Å². The standard InChI is InChI=1S/C25H29N9O.3ClH/c1-14-10-11-16-15(12-14)22(32-19-8-4-5-9-20(19)33-25(26)27)34-23(31-16)24(35)28-13-21-29-17-6-2-3-7-18(17)30-21;;;/h2-3,6-7,10-12,19-20H,4-5,8-9,13H2,1H3,(H,28,35)(H,29,30)(H4,26,27,33)(H,31,32,34);3*1H/t19-,20+;;;/m0.../s1. The first-order chi connectivity index (χ1) is 17.0. The van der Waals surface area contributed by atoms with Crippen molar-refractivity contribution in [2.75, 3.05) is 5.32 Å². The lowest BCUT2D eigenvalue weighted by Gasteiger charge is -2.30. The Morgan fingerprint density at radius 3 is 2.55 bits per heavy atom. The molecule has 2 heterocycles. The van der Waals surface area contributed by atoms with Gasteiger partial charge in [0.05, 0.1) is 35.2 Å². The monoisotopic (exact) mass is 579 g/mol. The molecule has 1 saturated carbocycles. The Hall–Kier alpha value is -3.34. The number of imidazole rings is 1. The van der Waals surface area contributed by atoms with Crippen LogP contribution >= 0.6 is 37.2 Å². The van der Waals surface area contributed by atoms with Crippen molar-refractivity contribution in [3.8, 4) is 0 Å². The first-order valence-electron chi connectivity index (χ1n) is 11.8. The van der Waals surface area contributed by atoms with Crippen molar-refractivity contribution in [1.82, 2.24) is 25.3 Å². The van der Waals surface area contributed by atoms with E-state index in [9.17, 15) is 4.79 Å².